The zero-order valence-corrected chi connectivity index (χ0v) is 41.6. The van der Waals surface area contributed by atoms with E-state index < -0.39 is 11.6 Å². The summed E-state index contributed by atoms with van der Waals surface area (Å²) in [6.45, 7) is 17.3. The average Bonchev–Trinajstić information content (AvgIpc) is 3.65. The van der Waals surface area contributed by atoms with Crippen molar-refractivity contribution < 1.29 is 8.78 Å². The van der Waals surface area contributed by atoms with E-state index in [4.69, 9.17) is 0 Å². The van der Waals surface area contributed by atoms with Gasteiger partial charge in [-0.3, -0.25) is 0 Å². The van der Waals surface area contributed by atoms with Crippen LogP contribution in [0.5, 0.6) is 0 Å². The highest BCUT2D eigenvalue weighted by atomic mass is 19.1. The summed E-state index contributed by atoms with van der Waals surface area (Å²) in [6, 6.07) is 66.3. The minimum atomic E-state index is -0.613. The van der Waals surface area contributed by atoms with Gasteiger partial charge in [0.15, 0.2) is 0 Å². The van der Waals surface area contributed by atoms with Gasteiger partial charge in [-0.1, -0.05) is 148 Å². The van der Waals surface area contributed by atoms with Crippen LogP contribution in [-0.4, -0.2) is 4.57 Å². The number of aryl methyl sites for hydroxylation is 8. The number of hydrogen-bond donors (Lipinski definition) is 0. The Labute approximate surface area is 416 Å². The van der Waals surface area contributed by atoms with Crippen LogP contribution in [0.3, 0.4) is 0 Å². The van der Waals surface area contributed by atoms with Crippen LogP contribution >= 0.6 is 0 Å². The number of nitrogens with zero attached hydrogens (tertiary/aromatic N) is 1. The lowest BCUT2D eigenvalue weighted by atomic mass is 9.90. The molecule has 1 nitrogen and oxygen atoms in total. The van der Waals surface area contributed by atoms with Crippen LogP contribution in [-0.2, 0) is 0 Å². The summed E-state index contributed by atoms with van der Waals surface area (Å²) in [6.07, 6.45) is 0. The molecular formula is C68H55F2N. The Morgan fingerprint density at radius 1 is 0.254 bits per heavy atom. The molecule has 3 heteroatoms. The van der Waals surface area contributed by atoms with Gasteiger partial charge in [0.05, 0.1) is 16.7 Å². The molecule has 0 aliphatic carbocycles. The van der Waals surface area contributed by atoms with Crippen molar-refractivity contribution in [1.29, 1.82) is 0 Å². The molecule has 0 aliphatic heterocycles. The normalized spacial score (nSPS) is 11.5. The lowest BCUT2D eigenvalue weighted by molar-refractivity contribution is 0.584. The van der Waals surface area contributed by atoms with Crippen molar-refractivity contribution in [1.82, 2.24) is 4.57 Å². The molecule has 10 aromatic carbocycles. The second kappa shape index (κ2) is 18.0. The van der Waals surface area contributed by atoms with E-state index in [1.54, 1.807) is 0 Å². The molecule has 0 bridgehead atoms. The molecule has 0 aliphatic rings. The van der Waals surface area contributed by atoms with Gasteiger partial charge in [-0.2, -0.15) is 0 Å². The zero-order valence-electron chi connectivity index (χ0n) is 41.6. The van der Waals surface area contributed by atoms with Crippen molar-refractivity contribution in [2.24, 2.45) is 0 Å². The van der Waals surface area contributed by atoms with Gasteiger partial charge in [0.1, 0.15) is 11.6 Å². The standard InChI is InChI=1S/C68H55F2N/c1-40-17-41(2)22-50(21-40)56-29-54(30-57(33-56)51-23-42(3)18-43(4)24-51)48-13-15-67-64(37-48)65-38-49(14-16-68(65)71(67)66-12-10-9-11-63(66)60-35-61(69)39-62(70)36-60)55-31-58(52-25-44(5)19-45(6)26-52)34-59(32-55)53-27-46(7)20-47(8)28-53/h9-39H,1-8H3. The van der Waals surface area contributed by atoms with Gasteiger partial charge < -0.3 is 4.57 Å². The van der Waals surface area contributed by atoms with Gasteiger partial charge >= 0.3 is 0 Å². The lowest BCUT2D eigenvalue weighted by Crippen LogP contribution is -1.98. The van der Waals surface area contributed by atoms with E-state index in [2.05, 4.69) is 206 Å². The molecule has 0 atom stereocenters. The predicted octanol–water partition coefficient (Wildman–Crippen LogP) is 19.2. The maximum Gasteiger partial charge on any atom is 0.126 e. The van der Waals surface area contributed by atoms with Crippen LogP contribution in [0.1, 0.15) is 44.5 Å². The third-order valence-electron chi connectivity index (χ3n) is 13.8. The summed E-state index contributed by atoms with van der Waals surface area (Å²) in [4.78, 5) is 0. The monoisotopic (exact) mass is 923 g/mol. The zero-order chi connectivity index (χ0) is 49.2. The molecule has 0 N–H and O–H groups in total. The Balaban J connectivity index is 1.18. The number of fused-ring (bicyclic) bond motifs is 3. The maximum atomic E-state index is 15.0. The van der Waals surface area contributed by atoms with Crippen LogP contribution in [0.25, 0.3) is 105 Å². The molecular weight excluding hydrogens is 869 g/mol. The Hall–Kier alpha value is -8.14. The highest BCUT2D eigenvalue weighted by Gasteiger charge is 2.20. The molecule has 11 rings (SSSR count). The van der Waals surface area contributed by atoms with Gasteiger partial charge in [0, 0.05) is 22.4 Å². The SMILES string of the molecule is Cc1cc(C)cc(-c2cc(-c3cc(C)cc(C)c3)cc(-c3ccc4c(c3)c3cc(-c5cc(-c6cc(C)cc(C)c6)cc(-c6cc(C)cc(C)c6)c5)ccc3n4-c3ccccc3-c3cc(F)cc(F)c3)c2)c1. The highest BCUT2D eigenvalue weighted by molar-refractivity contribution is 6.12. The number of para-hydroxylation sites is 1. The first-order chi connectivity index (χ1) is 34.2. The van der Waals surface area contributed by atoms with Gasteiger partial charge in [-0.25, -0.2) is 8.78 Å². The Bertz CT molecular complexity index is 3490. The molecule has 11 aromatic rings. The molecule has 0 spiro atoms. The summed E-state index contributed by atoms with van der Waals surface area (Å²) >= 11 is 0. The van der Waals surface area contributed by atoms with E-state index in [-0.39, 0.29) is 0 Å². The van der Waals surface area contributed by atoms with Crippen molar-refractivity contribution in [3.05, 3.63) is 244 Å². The molecule has 0 saturated carbocycles. The molecule has 0 fully saturated rings. The molecule has 0 saturated heterocycles. The lowest BCUT2D eigenvalue weighted by Gasteiger charge is -2.15. The molecule has 1 heterocycles. The minimum Gasteiger partial charge on any atom is -0.309 e. The minimum absolute atomic E-state index is 0.477. The van der Waals surface area contributed by atoms with Crippen LogP contribution in [0.2, 0.25) is 0 Å². The van der Waals surface area contributed by atoms with Crippen molar-refractivity contribution in [3.63, 3.8) is 0 Å². The summed E-state index contributed by atoms with van der Waals surface area (Å²) in [7, 11) is 0. The smallest absolute Gasteiger partial charge is 0.126 e. The van der Waals surface area contributed by atoms with Crippen molar-refractivity contribution in [3.8, 4) is 83.6 Å². The predicted molar refractivity (Wildman–Crippen MR) is 297 cm³/mol. The quantitative estimate of drug-likeness (QED) is 0.143. The fourth-order valence-electron chi connectivity index (χ4n) is 11.1. The molecule has 0 unspecified atom stereocenters. The van der Waals surface area contributed by atoms with Crippen molar-refractivity contribution in [2.45, 2.75) is 55.4 Å². The van der Waals surface area contributed by atoms with Crippen LogP contribution in [0.4, 0.5) is 8.78 Å². The Morgan fingerprint density at radius 3 is 0.887 bits per heavy atom. The van der Waals surface area contributed by atoms with E-state index in [1.165, 1.54) is 78.9 Å². The second-order valence-corrected chi connectivity index (χ2v) is 20.1. The topological polar surface area (TPSA) is 4.93 Å². The number of hydrogen-bond acceptors (Lipinski definition) is 0. The number of halogens is 2. The number of rotatable bonds is 8. The van der Waals surface area contributed by atoms with Crippen LogP contribution < -0.4 is 0 Å². The first-order valence-corrected chi connectivity index (χ1v) is 24.5. The largest absolute Gasteiger partial charge is 0.309 e. The third-order valence-corrected chi connectivity index (χ3v) is 13.8. The molecule has 0 radical (unpaired) electrons. The highest BCUT2D eigenvalue weighted by Crippen LogP contribution is 2.43. The van der Waals surface area contributed by atoms with E-state index in [0.29, 0.717) is 5.56 Å². The third kappa shape index (κ3) is 9.01. The van der Waals surface area contributed by atoms with Crippen LogP contribution in [0.15, 0.2) is 188 Å². The number of benzene rings is 10. The molecule has 71 heavy (non-hydrogen) atoms. The van der Waals surface area contributed by atoms with Gasteiger partial charge in [0.2, 0.25) is 0 Å². The van der Waals surface area contributed by atoms with Crippen molar-refractivity contribution >= 4 is 21.8 Å². The Morgan fingerprint density at radius 2 is 0.549 bits per heavy atom. The first-order valence-electron chi connectivity index (χ1n) is 24.5. The van der Waals surface area contributed by atoms with E-state index in [1.807, 2.05) is 24.3 Å². The van der Waals surface area contributed by atoms with Gasteiger partial charge in [-0.05, 0) is 207 Å². The summed E-state index contributed by atoms with van der Waals surface area (Å²) < 4.78 is 32.2. The van der Waals surface area contributed by atoms with E-state index >= 15 is 0 Å². The summed E-state index contributed by atoms with van der Waals surface area (Å²) in [5, 5.41) is 2.15. The molecule has 1 aromatic heterocycles. The first kappa shape index (κ1) is 45.3. The van der Waals surface area contributed by atoms with Crippen molar-refractivity contribution in [2.75, 3.05) is 0 Å². The van der Waals surface area contributed by atoms with Gasteiger partial charge in [0.25, 0.3) is 0 Å². The van der Waals surface area contributed by atoms with E-state index in [9.17, 15) is 8.78 Å². The molecule has 0 amide bonds. The summed E-state index contributed by atoms with van der Waals surface area (Å²) in [5.41, 5.74) is 27.6. The summed E-state index contributed by atoms with van der Waals surface area (Å²) in [5.74, 6) is -1.23. The number of aromatic nitrogens is 1. The van der Waals surface area contributed by atoms with E-state index in [0.717, 1.165) is 83.6 Å². The van der Waals surface area contributed by atoms with Gasteiger partial charge in [-0.15, -0.1) is 0 Å². The Kier molecular flexibility index (Phi) is 11.5. The fourth-order valence-corrected chi connectivity index (χ4v) is 11.1. The second-order valence-electron chi connectivity index (χ2n) is 20.1. The molecule has 346 valence electrons. The van der Waals surface area contributed by atoms with Crippen LogP contribution in [0, 0.1) is 67.0 Å². The maximum absolute atomic E-state index is 15.0. The average molecular weight is 924 g/mol. The fraction of sp³-hybridized carbons (Fsp3) is 0.118.